The number of aromatic nitrogens is 2. The van der Waals surface area contributed by atoms with Crippen LogP contribution < -0.4 is 0 Å². The van der Waals surface area contributed by atoms with Crippen molar-refractivity contribution in [2.45, 2.75) is 16.6 Å². The summed E-state index contributed by atoms with van der Waals surface area (Å²) in [6.45, 7) is 0. The number of carbonyl (C=O) groups excluding carboxylic acids is 1. The Balaban J connectivity index is 2.30. The third kappa shape index (κ3) is 3.97. The zero-order chi connectivity index (χ0) is 16.2. The summed E-state index contributed by atoms with van der Waals surface area (Å²) in [6.07, 6.45) is -3.55. The first-order valence-electron chi connectivity index (χ1n) is 6.11. The topological polar surface area (TPSA) is 52.1 Å². The number of benzene rings is 1. The molecule has 2 aromatic rings. The second kappa shape index (κ2) is 6.78. The molecule has 0 aliphatic carbocycles. The molecule has 0 fully saturated rings. The van der Waals surface area contributed by atoms with E-state index in [1.165, 1.54) is 7.11 Å². The van der Waals surface area contributed by atoms with Crippen molar-refractivity contribution in [3.8, 4) is 0 Å². The van der Waals surface area contributed by atoms with E-state index < -0.39 is 23.1 Å². The fourth-order valence-electron chi connectivity index (χ4n) is 1.65. The first-order valence-corrected chi connectivity index (χ1v) is 6.99. The van der Waals surface area contributed by atoms with Crippen LogP contribution in [0.4, 0.5) is 13.2 Å². The molecule has 4 nitrogen and oxygen atoms in total. The molecule has 0 spiro atoms. The van der Waals surface area contributed by atoms with E-state index in [2.05, 4.69) is 9.97 Å². The minimum Gasteiger partial charge on any atom is -0.468 e. The number of esters is 1. The predicted octanol–water partition coefficient (Wildman–Crippen LogP) is 3.50. The van der Waals surface area contributed by atoms with Gasteiger partial charge in [-0.1, -0.05) is 42.1 Å². The number of halogens is 3. The number of nitrogens with zero attached hydrogens (tertiary/aromatic N) is 2. The van der Waals surface area contributed by atoms with Crippen molar-refractivity contribution in [1.29, 1.82) is 0 Å². The van der Waals surface area contributed by atoms with Gasteiger partial charge in [0.15, 0.2) is 5.16 Å². The highest BCUT2D eigenvalue weighted by molar-refractivity contribution is 8.00. The van der Waals surface area contributed by atoms with Gasteiger partial charge in [0.1, 0.15) is 10.9 Å². The van der Waals surface area contributed by atoms with Crippen LogP contribution in [0.1, 0.15) is 16.5 Å². The van der Waals surface area contributed by atoms with E-state index in [1.807, 2.05) is 0 Å². The Morgan fingerprint density at radius 1 is 1.23 bits per heavy atom. The Labute approximate surface area is 128 Å². The van der Waals surface area contributed by atoms with Crippen LogP contribution in [0.5, 0.6) is 0 Å². The maximum Gasteiger partial charge on any atom is 0.433 e. The van der Waals surface area contributed by atoms with Gasteiger partial charge in [0.25, 0.3) is 0 Å². The van der Waals surface area contributed by atoms with E-state index in [9.17, 15) is 18.0 Å². The van der Waals surface area contributed by atoms with Crippen molar-refractivity contribution in [3.63, 3.8) is 0 Å². The molecule has 2 rings (SSSR count). The Morgan fingerprint density at radius 3 is 2.50 bits per heavy atom. The van der Waals surface area contributed by atoms with Gasteiger partial charge in [-0.05, 0) is 11.6 Å². The SMILES string of the molecule is COC(=O)[C@@H](Sc1nccc(C(F)(F)F)n1)c1ccccc1. The van der Waals surface area contributed by atoms with Gasteiger partial charge in [0.05, 0.1) is 7.11 Å². The monoisotopic (exact) mass is 328 g/mol. The van der Waals surface area contributed by atoms with E-state index in [4.69, 9.17) is 4.74 Å². The zero-order valence-corrected chi connectivity index (χ0v) is 12.2. The van der Waals surface area contributed by atoms with Gasteiger partial charge in [-0.25, -0.2) is 9.97 Å². The average Bonchev–Trinajstić information content (AvgIpc) is 2.52. The molecule has 0 aliphatic rings. The van der Waals surface area contributed by atoms with Crippen molar-refractivity contribution in [3.05, 3.63) is 53.9 Å². The van der Waals surface area contributed by atoms with Crippen LogP contribution >= 0.6 is 11.8 Å². The van der Waals surface area contributed by atoms with Crippen LogP contribution in [0.2, 0.25) is 0 Å². The molecule has 0 unspecified atom stereocenters. The van der Waals surface area contributed by atoms with Gasteiger partial charge in [-0.3, -0.25) is 4.79 Å². The molecule has 22 heavy (non-hydrogen) atoms. The number of methoxy groups -OCH3 is 1. The Hall–Kier alpha value is -2.09. The van der Waals surface area contributed by atoms with Crippen LogP contribution in [0.3, 0.4) is 0 Å². The summed E-state index contributed by atoms with van der Waals surface area (Å²) in [5, 5.41) is -0.983. The summed E-state index contributed by atoms with van der Waals surface area (Å²) in [6, 6.07) is 9.35. The minimum absolute atomic E-state index is 0.144. The van der Waals surface area contributed by atoms with Crippen molar-refractivity contribution in [2.75, 3.05) is 7.11 Å². The van der Waals surface area contributed by atoms with E-state index in [0.717, 1.165) is 24.0 Å². The van der Waals surface area contributed by atoms with E-state index in [-0.39, 0.29) is 5.16 Å². The third-order valence-corrected chi connectivity index (χ3v) is 3.77. The van der Waals surface area contributed by atoms with Gasteiger partial charge in [0, 0.05) is 6.20 Å². The smallest absolute Gasteiger partial charge is 0.433 e. The predicted molar refractivity (Wildman–Crippen MR) is 74.1 cm³/mol. The normalized spacial score (nSPS) is 12.7. The first-order chi connectivity index (χ1) is 10.4. The molecular formula is C14H11F3N2O2S. The lowest BCUT2D eigenvalue weighted by Gasteiger charge is -2.14. The summed E-state index contributed by atoms with van der Waals surface area (Å²) >= 11 is 0.808. The highest BCUT2D eigenvalue weighted by atomic mass is 32.2. The molecular weight excluding hydrogens is 317 g/mol. The van der Waals surface area contributed by atoms with Crippen LogP contribution in [0, 0.1) is 0 Å². The van der Waals surface area contributed by atoms with Gasteiger partial charge in [-0.2, -0.15) is 13.2 Å². The minimum atomic E-state index is -4.56. The number of rotatable bonds is 4. The number of carbonyl (C=O) groups is 1. The van der Waals surface area contributed by atoms with Crippen molar-refractivity contribution >= 4 is 17.7 Å². The summed E-state index contributed by atoms with van der Waals surface area (Å²) in [4.78, 5) is 19.1. The first kappa shape index (κ1) is 16.3. The average molecular weight is 328 g/mol. The zero-order valence-electron chi connectivity index (χ0n) is 11.4. The molecule has 1 atom stereocenters. The molecule has 0 aliphatic heterocycles. The molecule has 0 bridgehead atoms. The largest absolute Gasteiger partial charge is 0.468 e. The molecule has 0 N–H and O–H groups in total. The second-order valence-corrected chi connectivity index (χ2v) is 5.23. The van der Waals surface area contributed by atoms with Crippen LogP contribution in [-0.2, 0) is 15.7 Å². The summed E-state index contributed by atoms with van der Waals surface area (Å²) < 4.78 is 42.7. The lowest BCUT2D eigenvalue weighted by Crippen LogP contribution is -2.13. The molecule has 0 radical (unpaired) electrons. The molecule has 1 aromatic carbocycles. The van der Waals surface area contributed by atoms with E-state index >= 15 is 0 Å². The van der Waals surface area contributed by atoms with Gasteiger partial charge < -0.3 is 4.74 Å². The van der Waals surface area contributed by atoms with Crippen LogP contribution in [0.15, 0.2) is 47.8 Å². The number of hydrogen-bond acceptors (Lipinski definition) is 5. The Morgan fingerprint density at radius 2 is 1.91 bits per heavy atom. The van der Waals surface area contributed by atoms with Crippen molar-refractivity contribution in [1.82, 2.24) is 9.97 Å². The molecule has 1 heterocycles. The van der Waals surface area contributed by atoms with Gasteiger partial charge in [-0.15, -0.1) is 0 Å². The molecule has 1 aromatic heterocycles. The maximum atomic E-state index is 12.7. The molecule has 0 amide bonds. The molecule has 0 saturated carbocycles. The standard InChI is InChI=1S/C14H11F3N2O2S/c1-21-12(20)11(9-5-3-2-4-6-9)22-13-18-8-7-10(19-13)14(15,16)17/h2-8,11H,1H3/t11-/m0/s1. The summed E-state index contributed by atoms with van der Waals surface area (Å²) in [7, 11) is 1.21. The summed E-state index contributed by atoms with van der Waals surface area (Å²) in [5.74, 6) is -0.586. The Kier molecular flexibility index (Phi) is 5.02. The van der Waals surface area contributed by atoms with Crippen molar-refractivity contribution < 1.29 is 22.7 Å². The lowest BCUT2D eigenvalue weighted by atomic mass is 10.1. The van der Waals surface area contributed by atoms with Gasteiger partial charge >= 0.3 is 12.1 Å². The number of thioether (sulfide) groups is 1. The Bertz CT molecular complexity index is 650. The molecule has 116 valence electrons. The lowest BCUT2D eigenvalue weighted by molar-refractivity contribution is -0.141. The second-order valence-electron chi connectivity index (χ2n) is 4.15. The fourth-order valence-corrected chi connectivity index (χ4v) is 2.62. The number of ether oxygens (including phenoxy) is 1. The van der Waals surface area contributed by atoms with Crippen molar-refractivity contribution in [2.24, 2.45) is 0 Å². The van der Waals surface area contributed by atoms with Crippen LogP contribution in [0.25, 0.3) is 0 Å². The highest BCUT2D eigenvalue weighted by Crippen LogP contribution is 2.35. The third-order valence-electron chi connectivity index (χ3n) is 2.66. The quantitative estimate of drug-likeness (QED) is 0.488. The summed E-state index contributed by atoms with van der Waals surface area (Å²) in [5.41, 5.74) is -0.456. The molecule has 8 heteroatoms. The number of alkyl halides is 3. The molecule has 0 saturated heterocycles. The van der Waals surface area contributed by atoms with Crippen LogP contribution in [-0.4, -0.2) is 23.0 Å². The van der Waals surface area contributed by atoms with E-state index in [1.54, 1.807) is 30.3 Å². The maximum absolute atomic E-state index is 12.7. The van der Waals surface area contributed by atoms with E-state index in [0.29, 0.717) is 5.56 Å². The fraction of sp³-hybridized carbons (Fsp3) is 0.214. The number of hydrogen-bond donors (Lipinski definition) is 0. The van der Waals surface area contributed by atoms with Gasteiger partial charge in [0.2, 0.25) is 0 Å². The highest BCUT2D eigenvalue weighted by Gasteiger charge is 2.33.